The van der Waals surface area contributed by atoms with Crippen LogP contribution >= 0.6 is 0 Å². The Kier molecular flexibility index (Phi) is 4.65. The summed E-state index contributed by atoms with van der Waals surface area (Å²) in [5.74, 6) is 0.554. The van der Waals surface area contributed by atoms with Gasteiger partial charge in [0.2, 0.25) is 5.95 Å². The Labute approximate surface area is 162 Å². The van der Waals surface area contributed by atoms with E-state index in [4.69, 9.17) is 5.73 Å². The normalized spacial score (nSPS) is 11.3. The van der Waals surface area contributed by atoms with Crippen LogP contribution in [0.1, 0.15) is 19.4 Å². The largest absolute Gasteiger partial charge is 0.383 e. The van der Waals surface area contributed by atoms with E-state index in [1.165, 1.54) is 12.1 Å². The molecule has 0 radical (unpaired) electrons. The van der Waals surface area contributed by atoms with Crippen molar-refractivity contribution in [3.05, 3.63) is 66.0 Å². The minimum atomic E-state index is -0.335. The molecule has 0 aliphatic rings. The van der Waals surface area contributed by atoms with Crippen molar-refractivity contribution < 1.29 is 4.39 Å². The summed E-state index contributed by atoms with van der Waals surface area (Å²) >= 11 is 0. The molecule has 0 spiro atoms. The highest BCUT2D eigenvalue weighted by atomic mass is 19.1. The predicted octanol–water partition coefficient (Wildman–Crippen LogP) is 4.08. The number of benzene rings is 2. The van der Waals surface area contributed by atoms with Gasteiger partial charge in [-0.1, -0.05) is 42.5 Å². The van der Waals surface area contributed by atoms with Crippen molar-refractivity contribution in [2.75, 3.05) is 11.1 Å². The number of nitrogen functional groups attached to an aromatic ring is 1. The third kappa shape index (κ3) is 3.51. The van der Waals surface area contributed by atoms with Gasteiger partial charge < -0.3 is 11.1 Å². The topological polar surface area (TPSA) is 81.6 Å². The second-order valence-electron chi connectivity index (χ2n) is 6.93. The quantitative estimate of drug-likeness (QED) is 0.548. The van der Waals surface area contributed by atoms with Gasteiger partial charge >= 0.3 is 0 Å². The first kappa shape index (κ1) is 17.9. The maximum Gasteiger partial charge on any atom is 0.225 e. The molecule has 0 bridgehead atoms. The summed E-state index contributed by atoms with van der Waals surface area (Å²) in [5.41, 5.74) is 9.16. The van der Waals surface area contributed by atoms with Gasteiger partial charge in [0.15, 0.2) is 5.65 Å². The van der Waals surface area contributed by atoms with E-state index in [1.54, 1.807) is 16.8 Å². The lowest BCUT2D eigenvalue weighted by Gasteiger charge is -2.10. The molecule has 0 saturated heterocycles. The van der Waals surface area contributed by atoms with E-state index in [-0.39, 0.29) is 11.9 Å². The zero-order valence-corrected chi connectivity index (χ0v) is 15.7. The van der Waals surface area contributed by atoms with Crippen molar-refractivity contribution in [3.63, 3.8) is 0 Å². The van der Waals surface area contributed by atoms with E-state index < -0.39 is 0 Å². The number of aromatic nitrogens is 4. The lowest BCUT2D eigenvalue weighted by Crippen LogP contribution is -2.13. The smallest absolute Gasteiger partial charge is 0.225 e. The summed E-state index contributed by atoms with van der Waals surface area (Å²) in [6.45, 7) is 4.51. The highest BCUT2D eigenvalue weighted by molar-refractivity contribution is 5.98. The molecule has 142 valence electrons. The number of halogens is 1. The van der Waals surface area contributed by atoms with Crippen LogP contribution in [0.15, 0.2) is 54.6 Å². The van der Waals surface area contributed by atoms with Gasteiger partial charge in [-0.05, 0) is 31.5 Å². The zero-order chi connectivity index (χ0) is 19.7. The van der Waals surface area contributed by atoms with E-state index in [9.17, 15) is 4.39 Å². The summed E-state index contributed by atoms with van der Waals surface area (Å²) in [6.07, 6.45) is 0. The van der Waals surface area contributed by atoms with Crippen molar-refractivity contribution in [2.24, 2.45) is 0 Å². The Morgan fingerprint density at radius 3 is 2.57 bits per heavy atom. The maximum absolute atomic E-state index is 13.8. The van der Waals surface area contributed by atoms with Crippen molar-refractivity contribution in [1.82, 2.24) is 19.7 Å². The lowest BCUT2D eigenvalue weighted by molar-refractivity contribution is 0.628. The van der Waals surface area contributed by atoms with Crippen molar-refractivity contribution in [2.45, 2.75) is 26.4 Å². The van der Waals surface area contributed by atoms with E-state index in [0.717, 1.165) is 5.56 Å². The van der Waals surface area contributed by atoms with Crippen LogP contribution in [-0.2, 0) is 6.54 Å². The fraction of sp³-hybridized carbons (Fsp3) is 0.190. The second-order valence-corrected chi connectivity index (χ2v) is 6.93. The summed E-state index contributed by atoms with van der Waals surface area (Å²) in [4.78, 5) is 9.13. The van der Waals surface area contributed by atoms with Crippen LogP contribution in [0.4, 0.5) is 16.2 Å². The second kappa shape index (κ2) is 7.26. The summed E-state index contributed by atoms with van der Waals surface area (Å²) in [6, 6.07) is 16.4. The monoisotopic (exact) mass is 376 g/mol. The van der Waals surface area contributed by atoms with E-state index in [1.807, 2.05) is 44.2 Å². The molecule has 7 heteroatoms. The Morgan fingerprint density at radius 2 is 1.86 bits per heavy atom. The van der Waals surface area contributed by atoms with Crippen LogP contribution in [0.2, 0.25) is 0 Å². The Hall–Kier alpha value is -3.48. The molecule has 4 rings (SSSR count). The molecule has 2 aromatic heterocycles. The van der Waals surface area contributed by atoms with Crippen LogP contribution in [-0.4, -0.2) is 25.8 Å². The van der Waals surface area contributed by atoms with Crippen molar-refractivity contribution in [1.29, 1.82) is 0 Å². The summed E-state index contributed by atoms with van der Waals surface area (Å²) in [7, 11) is 0. The molecule has 2 aromatic carbocycles. The van der Waals surface area contributed by atoms with Crippen molar-refractivity contribution in [3.8, 4) is 11.3 Å². The molecule has 6 nitrogen and oxygen atoms in total. The molecule has 0 aliphatic heterocycles. The zero-order valence-electron chi connectivity index (χ0n) is 15.7. The highest BCUT2D eigenvalue weighted by Gasteiger charge is 2.19. The van der Waals surface area contributed by atoms with Crippen LogP contribution < -0.4 is 11.1 Å². The lowest BCUT2D eigenvalue weighted by atomic mass is 10.1. The number of nitrogens with two attached hydrogens (primary N) is 1. The first-order valence-electron chi connectivity index (χ1n) is 9.11. The molecular weight excluding hydrogens is 355 g/mol. The number of fused-ring (bicyclic) bond motifs is 1. The van der Waals surface area contributed by atoms with Gasteiger partial charge in [-0.3, -0.25) is 0 Å². The molecule has 0 saturated carbocycles. The number of nitrogens with one attached hydrogen (secondary N) is 1. The van der Waals surface area contributed by atoms with E-state index >= 15 is 0 Å². The number of rotatable bonds is 5. The van der Waals surface area contributed by atoms with Gasteiger partial charge in [0, 0.05) is 11.6 Å². The van der Waals surface area contributed by atoms with Crippen LogP contribution in [0.25, 0.3) is 22.3 Å². The van der Waals surface area contributed by atoms with Crippen LogP contribution in [0, 0.1) is 5.82 Å². The van der Waals surface area contributed by atoms with Gasteiger partial charge in [0.05, 0.1) is 17.6 Å². The van der Waals surface area contributed by atoms with Gasteiger partial charge in [-0.25, -0.2) is 14.1 Å². The molecule has 3 N–H and O–H groups in total. The SMILES string of the molecule is CC(C)Nc1nc(-c2cccc(F)c2)c2c(N)n(Cc3ccccc3)nc2n1. The summed E-state index contributed by atoms with van der Waals surface area (Å²) < 4.78 is 15.6. The van der Waals surface area contributed by atoms with Gasteiger partial charge in [0.1, 0.15) is 11.6 Å². The Morgan fingerprint density at radius 1 is 1.07 bits per heavy atom. The molecular formula is C21H21FN6. The van der Waals surface area contributed by atoms with Gasteiger partial charge in [-0.2, -0.15) is 4.98 Å². The Bertz CT molecular complexity index is 1120. The Balaban J connectivity index is 1.90. The third-order valence-corrected chi connectivity index (χ3v) is 4.33. The fourth-order valence-corrected chi connectivity index (χ4v) is 3.10. The van der Waals surface area contributed by atoms with Crippen LogP contribution in [0.5, 0.6) is 0 Å². The number of nitrogens with zero attached hydrogens (tertiary/aromatic N) is 4. The number of hydrogen-bond acceptors (Lipinski definition) is 5. The predicted molar refractivity (Wildman–Crippen MR) is 109 cm³/mol. The third-order valence-electron chi connectivity index (χ3n) is 4.33. The molecule has 0 fully saturated rings. The fourth-order valence-electron chi connectivity index (χ4n) is 3.10. The molecule has 2 heterocycles. The molecule has 28 heavy (non-hydrogen) atoms. The standard InChI is InChI=1S/C21H21FN6/c1-13(2)24-21-25-18(15-9-6-10-16(22)11-15)17-19(23)28(27-20(17)26-21)12-14-7-4-3-5-8-14/h3-11,13H,12,23H2,1-2H3,(H,24,26,27). The van der Waals surface area contributed by atoms with Gasteiger partial charge in [-0.15, -0.1) is 5.10 Å². The molecule has 0 amide bonds. The molecule has 4 aromatic rings. The highest BCUT2D eigenvalue weighted by Crippen LogP contribution is 2.32. The summed E-state index contributed by atoms with van der Waals surface area (Å²) in [5, 5.41) is 8.41. The van der Waals surface area contributed by atoms with Gasteiger partial charge in [0.25, 0.3) is 0 Å². The molecule has 0 atom stereocenters. The van der Waals surface area contributed by atoms with Crippen LogP contribution in [0.3, 0.4) is 0 Å². The minimum Gasteiger partial charge on any atom is -0.383 e. The first-order valence-corrected chi connectivity index (χ1v) is 9.11. The number of hydrogen-bond donors (Lipinski definition) is 2. The van der Waals surface area contributed by atoms with Crippen molar-refractivity contribution >= 4 is 22.8 Å². The minimum absolute atomic E-state index is 0.140. The maximum atomic E-state index is 13.8. The first-order chi connectivity index (χ1) is 13.5. The average molecular weight is 376 g/mol. The number of anilines is 2. The molecule has 0 aliphatic carbocycles. The average Bonchev–Trinajstić information content (AvgIpc) is 2.97. The van der Waals surface area contributed by atoms with E-state index in [0.29, 0.717) is 40.6 Å². The molecule has 0 unspecified atom stereocenters. The van der Waals surface area contributed by atoms with E-state index in [2.05, 4.69) is 20.4 Å².